The van der Waals surface area contributed by atoms with Crippen molar-refractivity contribution >= 4 is 29.0 Å². The Morgan fingerprint density at radius 2 is 2.15 bits per heavy atom. The lowest BCUT2D eigenvalue weighted by Crippen LogP contribution is -2.27. The summed E-state index contributed by atoms with van der Waals surface area (Å²) in [5, 5.41) is 0.115. The van der Waals surface area contributed by atoms with Gasteiger partial charge < -0.3 is 4.90 Å². The number of aromatic nitrogens is 2. The topological polar surface area (TPSA) is 46.1 Å². The summed E-state index contributed by atoms with van der Waals surface area (Å²) in [4.78, 5) is 25.1. The standard InChI is InChI=1S/C14H15N3OS2/c1-9-5-16-11(6-15-9)7-17-13(18)8-19-14(17)12-4-3-10(2)20-12/h3-6,14H,7-8H2,1-2H3. The van der Waals surface area contributed by atoms with Gasteiger partial charge in [-0.15, -0.1) is 23.1 Å². The smallest absolute Gasteiger partial charge is 0.234 e. The molecule has 0 N–H and O–H groups in total. The number of hydrogen-bond acceptors (Lipinski definition) is 5. The van der Waals surface area contributed by atoms with E-state index in [1.807, 2.05) is 11.8 Å². The van der Waals surface area contributed by atoms with Gasteiger partial charge in [0.2, 0.25) is 5.91 Å². The molecule has 0 spiro atoms. The highest BCUT2D eigenvalue weighted by Gasteiger charge is 2.33. The maximum Gasteiger partial charge on any atom is 0.234 e. The molecule has 1 fully saturated rings. The number of thiophene rings is 1. The van der Waals surface area contributed by atoms with Gasteiger partial charge in [-0.25, -0.2) is 0 Å². The molecule has 1 aliphatic rings. The third-order valence-corrected chi connectivity index (χ3v) is 5.58. The number of carbonyl (C=O) groups is 1. The van der Waals surface area contributed by atoms with Gasteiger partial charge in [0.05, 0.1) is 29.9 Å². The zero-order valence-corrected chi connectivity index (χ0v) is 13.0. The van der Waals surface area contributed by atoms with Crippen LogP contribution in [0.1, 0.15) is 26.5 Å². The van der Waals surface area contributed by atoms with Crippen molar-refractivity contribution < 1.29 is 4.79 Å². The van der Waals surface area contributed by atoms with Crippen LogP contribution in [0.4, 0.5) is 0 Å². The molecular formula is C14H15N3OS2. The minimum Gasteiger partial charge on any atom is -0.319 e. The SMILES string of the molecule is Cc1cnc(CN2C(=O)CSC2c2ccc(C)s2)cn1. The molecule has 0 aromatic carbocycles. The first kappa shape index (κ1) is 13.6. The van der Waals surface area contributed by atoms with E-state index in [2.05, 4.69) is 29.0 Å². The summed E-state index contributed by atoms with van der Waals surface area (Å²) >= 11 is 3.44. The Bertz CT molecular complexity index is 624. The number of amides is 1. The van der Waals surface area contributed by atoms with Crippen LogP contribution in [-0.4, -0.2) is 26.5 Å². The zero-order chi connectivity index (χ0) is 14.1. The molecule has 0 bridgehead atoms. The van der Waals surface area contributed by atoms with Crippen LogP contribution in [-0.2, 0) is 11.3 Å². The Balaban J connectivity index is 1.82. The molecule has 20 heavy (non-hydrogen) atoms. The summed E-state index contributed by atoms with van der Waals surface area (Å²) in [5.74, 6) is 0.717. The average Bonchev–Trinajstić information content (AvgIpc) is 3.00. The lowest BCUT2D eigenvalue weighted by molar-refractivity contribution is -0.128. The maximum absolute atomic E-state index is 12.1. The maximum atomic E-state index is 12.1. The van der Waals surface area contributed by atoms with E-state index in [1.165, 1.54) is 9.75 Å². The van der Waals surface area contributed by atoms with Gasteiger partial charge >= 0.3 is 0 Å². The minimum atomic E-state index is 0.115. The quantitative estimate of drug-likeness (QED) is 0.874. The van der Waals surface area contributed by atoms with Crippen LogP contribution in [0, 0.1) is 13.8 Å². The molecule has 0 saturated carbocycles. The van der Waals surface area contributed by atoms with Gasteiger partial charge in [0, 0.05) is 16.0 Å². The Morgan fingerprint density at radius 1 is 1.30 bits per heavy atom. The fraction of sp³-hybridized carbons (Fsp3) is 0.357. The van der Waals surface area contributed by atoms with E-state index in [1.54, 1.807) is 35.5 Å². The van der Waals surface area contributed by atoms with E-state index in [0.29, 0.717) is 12.3 Å². The molecule has 104 valence electrons. The lowest BCUT2D eigenvalue weighted by atomic mass is 10.3. The van der Waals surface area contributed by atoms with E-state index >= 15 is 0 Å². The van der Waals surface area contributed by atoms with Crippen LogP contribution in [0.3, 0.4) is 0 Å². The second kappa shape index (κ2) is 5.54. The summed E-state index contributed by atoms with van der Waals surface area (Å²) in [6.07, 6.45) is 3.50. The molecule has 1 aliphatic heterocycles. The first-order valence-electron chi connectivity index (χ1n) is 6.38. The fourth-order valence-corrected chi connectivity index (χ4v) is 4.42. The number of aryl methyl sites for hydroxylation is 2. The Morgan fingerprint density at radius 3 is 2.80 bits per heavy atom. The van der Waals surface area contributed by atoms with Crippen molar-refractivity contribution in [2.24, 2.45) is 0 Å². The van der Waals surface area contributed by atoms with Crippen molar-refractivity contribution in [3.05, 3.63) is 45.7 Å². The number of thioether (sulfide) groups is 1. The third kappa shape index (κ3) is 2.71. The second-order valence-electron chi connectivity index (χ2n) is 4.78. The average molecular weight is 305 g/mol. The molecule has 1 amide bonds. The minimum absolute atomic E-state index is 0.115. The molecule has 2 aromatic rings. The summed E-state index contributed by atoms with van der Waals surface area (Å²) in [7, 11) is 0. The van der Waals surface area contributed by atoms with E-state index < -0.39 is 0 Å². The molecule has 3 rings (SSSR count). The molecule has 3 heterocycles. The first-order chi connectivity index (χ1) is 9.63. The lowest BCUT2D eigenvalue weighted by Gasteiger charge is -2.22. The Kier molecular flexibility index (Phi) is 3.76. The second-order valence-corrected chi connectivity index (χ2v) is 7.17. The summed E-state index contributed by atoms with van der Waals surface area (Å²) in [6.45, 7) is 4.52. The highest BCUT2D eigenvalue weighted by atomic mass is 32.2. The van der Waals surface area contributed by atoms with Crippen LogP contribution in [0.5, 0.6) is 0 Å². The molecule has 6 heteroatoms. The fourth-order valence-electron chi connectivity index (χ4n) is 2.12. The summed E-state index contributed by atoms with van der Waals surface area (Å²) in [5.41, 5.74) is 1.73. The van der Waals surface area contributed by atoms with Gasteiger partial charge in [-0.05, 0) is 26.0 Å². The normalized spacial score (nSPS) is 18.8. The van der Waals surface area contributed by atoms with Gasteiger partial charge in [-0.3, -0.25) is 14.8 Å². The van der Waals surface area contributed by atoms with Crippen LogP contribution < -0.4 is 0 Å². The molecule has 2 aromatic heterocycles. The van der Waals surface area contributed by atoms with E-state index in [0.717, 1.165) is 11.4 Å². The van der Waals surface area contributed by atoms with Crippen LogP contribution in [0.15, 0.2) is 24.5 Å². The predicted octanol–water partition coefficient (Wildman–Crippen LogP) is 2.93. The van der Waals surface area contributed by atoms with Crippen molar-refractivity contribution in [1.29, 1.82) is 0 Å². The predicted molar refractivity (Wildman–Crippen MR) is 81.6 cm³/mol. The van der Waals surface area contributed by atoms with Gasteiger partial charge in [0.25, 0.3) is 0 Å². The number of nitrogens with zero attached hydrogens (tertiary/aromatic N) is 3. The van der Waals surface area contributed by atoms with Gasteiger partial charge in [0.15, 0.2) is 0 Å². The molecule has 0 aliphatic carbocycles. The highest BCUT2D eigenvalue weighted by molar-refractivity contribution is 8.00. The summed E-state index contributed by atoms with van der Waals surface area (Å²) in [6, 6.07) is 4.22. The molecule has 1 unspecified atom stereocenters. The van der Waals surface area contributed by atoms with Crippen molar-refractivity contribution in [1.82, 2.24) is 14.9 Å². The number of rotatable bonds is 3. The van der Waals surface area contributed by atoms with Gasteiger partial charge in [-0.2, -0.15) is 0 Å². The van der Waals surface area contributed by atoms with Crippen molar-refractivity contribution in [2.75, 3.05) is 5.75 Å². The molecule has 4 nitrogen and oxygen atoms in total. The summed E-state index contributed by atoms with van der Waals surface area (Å²) < 4.78 is 0. The van der Waals surface area contributed by atoms with E-state index in [4.69, 9.17) is 0 Å². The van der Waals surface area contributed by atoms with Crippen molar-refractivity contribution in [3.8, 4) is 0 Å². The Hall–Kier alpha value is -1.40. The van der Waals surface area contributed by atoms with Crippen molar-refractivity contribution in [3.63, 3.8) is 0 Å². The largest absolute Gasteiger partial charge is 0.319 e. The molecule has 0 radical (unpaired) electrons. The van der Waals surface area contributed by atoms with E-state index in [-0.39, 0.29) is 11.3 Å². The Labute approximate surface area is 126 Å². The third-order valence-electron chi connectivity index (χ3n) is 3.14. The molecular weight excluding hydrogens is 290 g/mol. The molecule has 1 saturated heterocycles. The van der Waals surface area contributed by atoms with Crippen LogP contribution in [0.2, 0.25) is 0 Å². The number of hydrogen-bond donors (Lipinski definition) is 0. The first-order valence-corrected chi connectivity index (χ1v) is 8.25. The molecule has 1 atom stereocenters. The highest BCUT2D eigenvalue weighted by Crippen LogP contribution is 2.41. The zero-order valence-electron chi connectivity index (χ0n) is 11.4. The van der Waals surface area contributed by atoms with Gasteiger partial charge in [-0.1, -0.05) is 0 Å². The number of carbonyl (C=O) groups excluding carboxylic acids is 1. The van der Waals surface area contributed by atoms with Crippen LogP contribution >= 0.6 is 23.1 Å². The van der Waals surface area contributed by atoms with E-state index in [9.17, 15) is 4.79 Å². The monoisotopic (exact) mass is 305 g/mol. The van der Waals surface area contributed by atoms with Crippen molar-refractivity contribution in [2.45, 2.75) is 25.8 Å². The van der Waals surface area contributed by atoms with Gasteiger partial charge in [0.1, 0.15) is 5.37 Å². The van der Waals surface area contributed by atoms with Crippen LogP contribution in [0.25, 0.3) is 0 Å².